The van der Waals surface area contributed by atoms with E-state index < -0.39 is 17.8 Å². The summed E-state index contributed by atoms with van der Waals surface area (Å²) >= 11 is 0. The van der Waals surface area contributed by atoms with Gasteiger partial charge in [-0.2, -0.15) is 13.2 Å². The Balaban J connectivity index is 0.00000341. The molecular formula is C21H31F3IN3O3. The molecule has 2 fully saturated rings. The van der Waals surface area contributed by atoms with E-state index in [2.05, 4.69) is 29.5 Å². The van der Waals surface area contributed by atoms with Crippen LogP contribution in [-0.4, -0.2) is 55.6 Å². The predicted octanol–water partition coefficient (Wildman–Crippen LogP) is 3.43. The Bertz CT molecular complexity index is 744. The van der Waals surface area contributed by atoms with Crippen LogP contribution in [0.4, 0.5) is 13.2 Å². The fourth-order valence-corrected chi connectivity index (χ4v) is 4.27. The van der Waals surface area contributed by atoms with Crippen LogP contribution in [0.15, 0.2) is 29.3 Å². The van der Waals surface area contributed by atoms with Gasteiger partial charge in [-0.3, -0.25) is 4.99 Å². The Hall–Kier alpha value is -1.27. The number of hydrogen-bond donors (Lipinski definition) is 3. The van der Waals surface area contributed by atoms with E-state index in [1.807, 2.05) is 6.92 Å². The molecule has 1 saturated carbocycles. The van der Waals surface area contributed by atoms with E-state index >= 15 is 0 Å². The first-order valence-electron chi connectivity index (χ1n) is 10.3. The number of aliphatic hydroxyl groups excluding tert-OH is 1. The molecule has 4 atom stereocenters. The number of aliphatic imine (C=N–C) groups is 1. The first-order chi connectivity index (χ1) is 14.1. The summed E-state index contributed by atoms with van der Waals surface area (Å²) in [6.45, 7) is 7.82. The summed E-state index contributed by atoms with van der Waals surface area (Å²) in [7, 11) is 0. The minimum atomic E-state index is -4.39. The van der Waals surface area contributed by atoms with E-state index in [0.717, 1.165) is 25.2 Å². The van der Waals surface area contributed by atoms with Gasteiger partial charge in [0.05, 0.1) is 18.2 Å². The Kier molecular flexibility index (Phi) is 8.86. The van der Waals surface area contributed by atoms with Crippen molar-refractivity contribution in [2.45, 2.75) is 51.6 Å². The second-order valence-electron chi connectivity index (χ2n) is 8.39. The highest BCUT2D eigenvalue weighted by atomic mass is 127. The zero-order chi connectivity index (χ0) is 21.9. The normalized spacial score (nSPS) is 25.6. The molecular weight excluding hydrogens is 526 g/mol. The fraction of sp³-hybridized carbons (Fsp3) is 0.667. The van der Waals surface area contributed by atoms with Crippen LogP contribution in [0.3, 0.4) is 0 Å². The van der Waals surface area contributed by atoms with Crippen molar-refractivity contribution < 1.29 is 27.8 Å². The fourth-order valence-electron chi connectivity index (χ4n) is 4.27. The summed E-state index contributed by atoms with van der Waals surface area (Å²) in [5, 5.41) is 16.8. The first-order valence-corrected chi connectivity index (χ1v) is 10.3. The average Bonchev–Trinajstić information content (AvgIpc) is 3.15. The summed E-state index contributed by atoms with van der Waals surface area (Å²) in [6.07, 6.45) is -3.99. The third-order valence-corrected chi connectivity index (χ3v) is 5.82. The molecule has 10 heteroatoms. The molecule has 4 unspecified atom stereocenters. The minimum absolute atomic E-state index is 0. The van der Waals surface area contributed by atoms with Crippen LogP contribution >= 0.6 is 24.0 Å². The van der Waals surface area contributed by atoms with Gasteiger partial charge in [0, 0.05) is 30.5 Å². The number of benzene rings is 1. The van der Waals surface area contributed by atoms with Crippen LogP contribution in [0.2, 0.25) is 0 Å². The van der Waals surface area contributed by atoms with Gasteiger partial charge in [0.2, 0.25) is 0 Å². The molecule has 6 nitrogen and oxygen atoms in total. The number of nitrogens with one attached hydrogen (secondary N) is 2. The van der Waals surface area contributed by atoms with E-state index in [9.17, 15) is 18.3 Å². The number of rotatable bonds is 7. The minimum Gasteiger partial charge on any atom is -0.491 e. The monoisotopic (exact) mass is 557 g/mol. The molecule has 31 heavy (non-hydrogen) atoms. The average molecular weight is 557 g/mol. The van der Waals surface area contributed by atoms with Crippen molar-refractivity contribution in [2.75, 3.05) is 26.3 Å². The van der Waals surface area contributed by atoms with Crippen molar-refractivity contribution in [2.24, 2.45) is 16.3 Å². The molecule has 2 aliphatic rings. The van der Waals surface area contributed by atoms with Gasteiger partial charge in [-0.15, -0.1) is 24.0 Å². The third kappa shape index (κ3) is 6.16. The summed E-state index contributed by atoms with van der Waals surface area (Å²) < 4.78 is 49.0. The third-order valence-electron chi connectivity index (χ3n) is 5.82. The number of hydrogen-bond acceptors (Lipinski definition) is 4. The number of halogens is 4. The maximum absolute atomic E-state index is 12.6. The van der Waals surface area contributed by atoms with Gasteiger partial charge in [-0.25, -0.2) is 0 Å². The molecule has 1 aliphatic heterocycles. The highest BCUT2D eigenvalue weighted by Crippen LogP contribution is 2.52. The van der Waals surface area contributed by atoms with Crippen LogP contribution in [0.25, 0.3) is 0 Å². The van der Waals surface area contributed by atoms with Crippen molar-refractivity contribution in [1.82, 2.24) is 10.6 Å². The summed E-state index contributed by atoms with van der Waals surface area (Å²) in [4.78, 5) is 4.45. The van der Waals surface area contributed by atoms with Gasteiger partial charge in [0.1, 0.15) is 18.5 Å². The van der Waals surface area contributed by atoms with Crippen molar-refractivity contribution in [1.29, 1.82) is 0 Å². The number of nitrogens with zero attached hydrogens (tertiary/aromatic N) is 1. The van der Waals surface area contributed by atoms with Crippen LogP contribution in [0, 0.1) is 11.3 Å². The lowest BCUT2D eigenvalue weighted by Crippen LogP contribution is -2.68. The van der Waals surface area contributed by atoms with Crippen LogP contribution in [0.1, 0.15) is 32.8 Å². The number of aliphatic hydroxyl groups is 1. The molecule has 176 valence electrons. The van der Waals surface area contributed by atoms with Crippen molar-refractivity contribution >= 4 is 29.9 Å². The van der Waals surface area contributed by atoms with Gasteiger partial charge in [-0.05, 0) is 37.6 Å². The molecule has 0 spiro atoms. The van der Waals surface area contributed by atoms with Crippen LogP contribution < -0.4 is 15.4 Å². The van der Waals surface area contributed by atoms with Gasteiger partial charge in [0.15, 0.2) is 5.96 Å². The molecule has 1 aliphatic carbocycles. The number of guanidine groups is 1. The lowest BCUT2D eigenvalue weighted by Gasteiger charge is -2.54. The Morgan fingerprint density at radius 1 is 1.32 bits per heavy atom. The van der Waals surface area contributed by atoms with Gasteiger partial charge in [-0.1, -0.05) is 13.8 Å². The van der Waals surface area contributed by atoms with Crippen LogP contribution in [0.5, 0.6) is 5.75 Å². The molecule has 3 N–H and O–H groups in total. The van der Waals surface area contributed by atoms with E-state index in [-0.39, 0.29) is 60.4 Å². The number of ether oxygens (including phenoxy) is 2. The Labute approximate surface area is 198 Å². The summed E-state index contributed by atoms with van der Waals surface area (Å²) in [5.41, 5.74) is -0.739. The SMILES string of the molecule is CCNC(=NCC(O)COc1ccc(C(F)(F)F)cc1)NC1C2CCOC2C1(C)C.I. The highest BCUT2D eigenvalue weighted by Gasteiger charge is 2.59. The molecule has 1 saturated heterocycles. The zero-order valence-electron chi connectivity index (χ0n) is 17.9. The summed E-state index contributed by atoms with van der Waals surface area (Å²) in [6, 6.07) is 4.62. The second kappa shape index (κ2) is 10.6. The lowest BCUT2D eigenvalue weighted by atomic mass is 9.57. The van der Waals surface area contributed by atoms with E-state index in [1.54, 1.807) is 0 Å². The van der Waals surface area contributed by atoms with Crippen molar-refractivity contribution in [3.8, 4) is 5.75 Å². The van der Waals surface area contributed by atoms with Gasteiger partial charge >= 0.3 is 6.18 Å². The molecule has 3 rings (SSSR count). The predicted molar refractivity (Wildman–Crippen MR) is 123 cm³/mol. The standard InChI is InChI=1S/C21H30F3N3O3.HI/c1-4-25-19(27-17-16-9-10-29-18(16)20(17,2)3)26-11-14(28)12-30-15-7-5-13(6-8-15)21(22,23)24;/h5-8,14,16-18,28H,4,9-12H2,1-3H3,(H2,25,26,27);1H. The van der Waals surface area contributed by atoms with Gasteiger partial charge < -0.3 is 25.2 Å². The summed E-state index contributed by atoms with van der Waals surface area (Å²) in [5.74, 6) is 1.34. The van der Waals surface area contributed by atoms with Crippen molar-refractivity contribution in [3.05, 3.63) is 29.8 Å². The Morgan fingerprint density at radius 3 is 2.61 bits per heavy atom. The lowest BCUT2D eigenvalue weighted by molar-refractivity contribution is -0.137. The maximum atomic E-state index is 12.6. The second-order valence-corrected chi connectivity index (χ2v) is 8.39. The quantitative estimate of drug-likeness (QED) is 0.272. The largest absolute Gasteiger partial charge is 0.491 e. The topological polar surface area (TPSA) is 75.1 Å². The smallest absolute Gasteiger partial charge is 0.416 e. The molecule has 0 bridgehead atoms. The molecule has 1 aromatic rings. The highest BCUT2D eigenvalue weighted by molar-refractivity contribution is 14.0. The molecule has 0 amide bonds. The first kappa shape index (κ1) is 26.0. The van der Waals surface area contributed by atoms with Gasteiger partial charge in [0.25, 0.3) is 0 Å². The van der Waals surface area contributed by atoms with E-state index in [1.165, 1.54) is 12.1 Å². The van der Waals surface area contributed by atoms with E-state index in [4.69, 9.17) is 9.47 Å². The van der Waals surface area contributed by atoms with Crippen molar-refractivity contribution in [3.63, 3.8) is 0 Å². The maximum Gasteiger partial charge on any atom is 0.416 e. The number of alkyl halides is 3. The van der Waals surface area contributed by atoms with Crippen LogP contribution in [-0.2, 0) is 10.9 Å². The number of fused-ring (bicyclic) bond motifs is 1. The Morgan fingerprint density at radius 2 is 2.00 bits per heavy atom. The zero-order valence-corrected chi connectivity index (χ0v) is 20.2. The molecule has 0 radical (unpaired) electrons. The molecule has 1 aromatic carbocycles. The molecule has 1 heterocycles. The van der Waals surface area contributed by atoms with E-state index in [0.29, 0.717) is 18.4 Å². The molecule has 0 aromatic heterocycles.